The zero-order valence-corrected chi connectivity index (χ0v) is 13.6. The SMILES string of the molecule is Cc1cccc(-c2noc(CCCC(=O)NC(C)(C)C)n2)c1. The lowest BCUT2D eigenvalue weighted by Gasteiger charge is -2.20. The summed E-state index contributed by atoms with van der Waals surface area (Å²) < 4.78 is 5.25. The summed E-state index contributed by atoms with van der Waals surface area (Å²) in [5.74, 6) is 1.21. The van der Waals surface area contributed by atoms with Gasteiger partial charge in [0.2, 0.25) is 17.6 Å². The maximum absolute atomic E-state index is 11.7. The number of amides is 1. The van der Waals surface area contributed by atoms with Crippen LogP contribution in [0.2, 0.25) is 0 Å². The summed E-state index contributed by atoms with van der Waals surface area (Å²) in [5, 5.41) is 6.94. The van der Waals surface area contributed by atoms with Gasteiger partial charge in [-0.2, -0.15) is 4.98 Å². The van der Waals surface area contributed by atoms with Crippen molar-refractivity contribution in [2.24, 2.45) is 0 Å². The number of nitrogens with one attached hydrogen (secondary N) is 1. The number of carbonyl (C=O) groups excluding carboxylic acids is 1. The Hall–Kier alpha value is -2.17. The molecule has 0 aliphatic heterocycles. The van der Waals surface area contributed by atoms with Gasteiger partial charge < -0.3 is 9.84 Å². The Balaban J connectivity index is 1.87. The minimum atomic E-state index is -0.195. The highest BCUT2D eigenvalue weighted by molar-refractivity contribution is 5.76. The summed E-state index contributed by atoms with van der Waals surface area (Å²) in [7, 11) is 0. The molecule has 22 heavy (non-hydrogen) atoms. The molecule has 0 bridgehead atoms. The van der Waals surface area contributed by atoms with E-state index in [1.807, 2.05) is 52.0 Å². The fourth-order valence-electron chi connectivity index (χ4n) is 2.14. The normalized spacial score (nSPS) is 11.5. The van der Waals surface area contributed by atoms with Gasteiger partial charge in [0.15, 0.2) is 0 Å². The molecule has 0 radical (unpaired) electrons. The van der Waals surface area contributed by atoms with Crippen molar-refractivity contribution in [3.63, 3.8) is 0 Å². The van der Waals surface area contributed by atoms with Crippen LogP contribution in [0.5, 0.6) is 0 Å². The van der Waals surface area contributed by atoms with Gasteiger partial charge in [0, 0.05) is 23.9 Å². The number of rotatable bonds is 5. The van der Waals surface area contributed by atoms with Crippen LogP contribution in [-0.4, -0.2) is 21.6 Å². The predicted octanol–water partition coefficient (Wildman–Crippen LogP) is 3.28. The average molecular weight is 301 g/mol. The molecule has 0 atom stereocenters. The van der Waals surface area contributed by atoms with Gasteiger partial charge in [-0.05, 0) is 40.2 Å². The molecule has 1 aromatic heterocycles. The van der Waals surface area contributed by atoms with Crippen LogP contribution < -0.4 is 5.32 Å². The largest absolute Gasteiger partial charge is 0.352 e. The highest BCUT2D eigenvalue weighted by Crippen LogP contribution is 2.17. The summed E-state index contributed by atoms with van der Waals surface area (Å²) in [6.45, 7) is 7.93. The average Bonchev–Trinajstić information content (AvgIpc) is 2.85. The molecular formula is C17H23N3O2. The number of benzene rings is 1. The molecule has 1 amide bonds. The molecule has 0 saturated heterocycles. The third-order valence-corrected chi connectivity index (χ3v) is 3.05. The molecule has 5 heteroatoms. The number of hydrogen-bond donors (Lipinski definition) is 1. The van der Waals surface area contributed by atoms with Crippen LogP contribution >= 0.6 is 0 Å². The topological polar surface area (TPSA) is 68.0 Å². The summed E-state index contributed by atoms with van der Waals surface area (Å²) in [6, 6.07) is 7.97. The third kappa shape index (κ3) is 4.98. The van der Waals surface area contributed by atoms with Crippen LogP contribution in [-0.2, 0) is 11.2 Å². The van der Waals surface area contributed by atoms with Crippen molar-refractivity contribution in [2.75, 3.05) is 0 Å². The molecule has 0 fully saturated rings. The molecule has 118 valence electrons. The van der Waals surface area contributed by atoms with Gasteiger partial charge in [0.05, 0.1) is 0 Å². The molecule has 1 heterocycles. The van der Waals surface area contributed by atoms with E-state index in [2.05, 4.69) is 15.5 Å². The van der Waals surface area contributed by atoms with Crippen molar-refractivity contribution < 1.29 is 9.32 Å². The molecule has 0 aliphatic rings. The van der Waals surface area contributed by atoms with Crippen molar-refractivity contribution in [1.29, 1.82) is 0 Å². The Morgan fingerprint density at radius 2 is 2.09 bits per heavy atom. The Labute approximate surface area is 131 Å². The van der Waals surface area contributed by atoms with Crippen LogP contribution in [0.4, 0.5) is 0 Å². The van der Waals surface area contributed by atoms with E-state index in [9.17, 15) is 4.79 Å². The minimum Gasteiger partial charge on any atom is -0.352 e. The van der Waals surface area contributed by atoms with E-state index in [1.54, 1.807) is 0 Å². The van der Waals surface area contributed by atoms with E-state index in [0.29, 0.717) is 31.0 Å². The molecule has 2 aromatic rings. The smallest absolute Gasteiger partial charge is 0.226 e. The summed E-state index contributed by atoms with van der Waals surface area (Å²) in [5.41, 5.74) is 1.91. The molecule has 0 spiro atoms. The second-order valence-corrected chi connectivity index (χ2v) is 6.53. The lowest BCUT2D eigenvalue weighted by molar-refractivity contribution is -0.122. The molecule has 2 rings (SSSR count). The lowest BCUT2D eigenvalue weighted by Crippen LogP contribution is -2.40. The minimum absolute atomic E-state index is 0.0472. The molecule has 5 nitrogen and oxygen atoms in total. The first-order valence-corrected chi connectivity index (χ1v) is 7.54. The molecule has 0 aliphatic carbocycles. The monoisotopic (exact) mass is 301 g/mol. The van der Waals surface area contributed by atoms with Gasteiger partial charge >= 0.3 is 0 Å². The lowest BCUT2D eigenvalue weighted by atomic mass is 10.1. The zero-order chi connectivity index (χ0) is 16.2. The third-order valence-electron chi connectivity index (χ3n) is 3.05. The van der Waals surface area contributed by atoms with Crippen LogP contribution in [0, 0.1) is 6.92 Å². The van der Waals surface area contributed by atoms with Crippen LogP contribution in [0.3, 0.4) is 0 Å². The molecule has 1 N–H and O–H groups in total. The van der Waals surface area contributed by atoms with E-state index >= 15 is 0 Å². The quantitative estimate of drug-likeness (QED) is 0.920. The standard InChI is InChI=1S/C17H23N3O2/c1-12-7-5-8-13(11-12)16-18-15(22-20-16)10-6-9-14(21)19-17(2,3)4/h5,7-8,11H,6,9-10H2,1-4H3,(H,19,21). The van der Waals surface area contributed by atoms with E-state index in [4.69, 9.17) is 4.52 Å². The van der Waals surface area contributed by atoms with E-state index in [1.165, 1.54) is 0 Å². The van der Waals surface area contributed by atoms with Crippen LogP contribution in [0.25, 0.3) is 11.4 Å². The van der Waals surface area contributed by atoms with E-state index in [0.717, 1.165) is 11.1 Å². The number of carbonyl (C=O) groups is 1. The predicted molar refractivity (Wildman–Crippen MR) is 85.3 cm³/mol. The second kappa shape index (κ2) is 6.73. The van der Waals surface area contributed by atoms with Gasteiger partial charge in [0.25, 0.3) is 0 Å². The van der Waals surface area contributed by atoms with Crippen LogP contribution in [0.15, 0.2) is 28.8 Å². The maximum atomic E-state index is 11.7. The Kier molecular flexibility index (Phi) is 4.96. The Morgan fingerprint density at radius 1 is 1.32 bits per heavy atom. The second-order valence-electron chi connectivity index (χ2n) is 6.53. The van der Waals surface area contributed by atoms with Crippen molar-refractivity contribution in [3.05, 3.63) is 35.7 Å². The molecule has 0 saturated carbocycles. The Bertz CT molecular complexity index is 641. The van der Waals surface area contributed by atoms with Crippen molar-refractivity contribution in [1.82, 2.24) is 15.5 Å². The van der Waals surface area contributed by atoms with Crippen molar-refractivity contribution in [3.8, 4) is 11.4 Å². The fourth-order valence-corrected chi connectivity index (χ4v) is 2.14. The van der Waals surface area contributed by atoms with Crippen molar-refractivity contribution >= 4 is 5.91 Å². The fraction of sp³-hybridized carbons (Fsp3) is 0.471. The summed E-state index contributed by atoms with van der Waals surface area (Å²) in [6.07, 6.45) is 1.76. The maximum Gasteiger partial charge on any atom is 0.226 e. The molecular weight excluding hydrogens is 278 g/mol. The first-order chi connectivity index (χ1) is 10.3. The number of aryl methyl sites for hydroxylation is 2. The summed E-state index contributed by atoms with van der Waals surface area (Å²) >= 11 is 0. The van der Waals surface area contributed by atoms with Gasteiger partial charge in [0.1, 0.15) is 0 Å². The highest BCUT2D eigenvalue weighted by Gasteiger charge is 2.14. The molecule has 1 aromatic carbocycles. The zero-order valence-electron chi connectivity index (χ0n) is 13.6. The van der Waals surface area contributed by atoms with Gasteiger partial charge in [-0.15, -0.1) is 0 Å². The summed E-state index contributed by atoms with van der Waals surface area (Å²) in [4.78, 5) is 16.1. The number of nitrogens with zero attached hydrogens (tertiary/aromatic N) is 2. The first kappa shape index (κ1) is 16.2. The van der Waals surface area contributed by atoms with E-state index < -0.39 is 0 Å². The van der Waals surface area contributed by atoms with Gasteiger partial charge in [-0.3, -0.25) is 4.79 Å². The molecule has 0 unspecified atom stereocenters. The highest BCUT2D eigenvalue weighted by atomic mass is 16.5. The van der Waals surface area contributed by atoms with Gasteiger partial charge in [-0.1, -0.05) is 28.9 Å². The number of aromatic nitrogens is 2. The van der Waals surface area contributed by atoms with E-state index in [-0.39, 0.29) is 11.4 Å². The first-order valence-electron chi connectivity index (χ1n) is 7.54. The van der Waals surface area contributed by atoms with Crippen molar-refractivity contribution in [2.45, 2.75) is 52.5 Å². The Morgan fingerprint density at radius 3 is 2.77 bits per heavy atom. The van der Waals surface area contributed by atoms with Gasteiger partial charge in [-0.25, -0.2) is 0 Å². The number of hydrogen-bond acceptors (Lipinski definition) is 4. The van der Waals surface area contributed by atoms with Crippen LogP contribution in [0.1, 0.15) is 45.1 Å².